The molecule has 0 aliphatic rings. The first-order valence-electron chi connectivity index (χ1n) is 4.86. The quantitative estimate of drug-likeness (QED) is 0.566. The van der Waals surface area contributed by atoms with Gasteiger partial charge in [0.15, 0.2) is 0 Å². The van der Waals surface area contributed by atoms with Gasteiger partial charge in [0.1, 0.15) is 5.75 Å². The molecule has 0 saturated heterocycles. The van der Waals surface area contributed by atoms with E-state index in [1.807, 2.05) is 24.3 Å². The van der Waals surface area contributed by atoms with Crippen LogP contribution >= 0.6 is 15.9 Å². The number of rotatable bonds is 5. The molecular formula is C12H15BrO. The molecular weight excluding hydrogens is 240 g/mol. The number of benzene rings is 1. The maximum atomic E-state index is 5.55. The molecule has 14 heavy (non-hydrogen) atoms. The van der Waals surface area contributed by atoms with Crippen molar-refractivity contribution in [3.63, 3.8) is 0 Å². The molecule has 0 aromatic heterocycles. The Hall–Kier alpha value is -0.760. The van der Waals surface area contributed by atoms with E-state index in [2.05, 4.69) is 35.0 Å². The average Bonchev–Trinajstić information content (AvgIpc) is 2.18. The van der Waals surface area contributed by atoms with Crippen molar-refractivity contribution in [2.45, 2.75) is 19.8 Å². The van der Waals surface area contributed by atoms with Crippen LogP contribution < -0.4 is 4.74 Å². The number of halogens is 1. The number of ether oxygens (including phenoxy) is 1. The summed E-state index contributed by atoms with van der Waals surface area (Å²) in [4.78, 5) is 0. The van der Waals surface area contributed by atoms with Gasteiger partial charge >= 0.3 is 0 Å². The van der Waals surface area contributed by atoms with Gasteiger partial charge in [0.2, 0.25) is 0 Å². The Morgan fingerprint density at radius 1 is 1.36 bits per heavy atom. The molecule has 0 aliphatic carbocycles. The van der Waals surface area contributed by atoms with Crippen molar-refractivity contribution >= 4 is 15.9 Å². The second-order valence-corrected chi connectivity index (χ2v) is 3.89. The summed E-state index contributed by atoms with van der Waals surface area (Å²) in [6.07, 6.45) is 6.37. The van der Waals surface area contributed by atoms with Crippen LogP contribution in [-0.2, 0) is 0 Å². The Kier molecular flexibility index (Phi) is 5.38. The lowest BCUT2D eigenvalue weighted by Gasteiger charge is -2.03. The van der Waals surface area contributed by atoms with Gasteiger partial charge in [0.05, 0.1) is 6.61 Å². The summed E-state index contributed by atoms with van der Waals surface area (Å²) < 4.78 is 6.61. The van der Waals surface area contributed by atoms with Crippen molar-refractivity contribution in [3.05, 3.63) is 40.9 Å². The van der Waals surface area contributed by atoms with Gasteiger partial charge in [-0.1, -0.05) is 41.1 Å². The first-order chi connectivity index (χ1) is 6.83. The van der Waals surface area contributed by atoms with Crippen LogP contribution in [0.5, 0.6) is 5.75 Å². The third-order valence-corrected chi connectivity index (χ3v) is 2.24. The number of hydrogen-bond acceptors (Lipinski definition) is 1. The maximum absolute atomic E-state index is 5.55. The van der Waals surface area contributed by atoms with E-state index in [1.165, 1.54) is 0 Å². The molecule has 1 rings (SSSR count). The maximum Gasteiger partial charge on any atom is 0.120 e. The summed E-state index contributed by atoms with van der Waals surface area (Å²) in [5, 5.41) is 0. The van der Waals surface area contributed by atoms with Crippen molar-refractivity contribution < 1.29 is 4.74 Å². The SMILES string of the molecule is CC/C=C\CCOc1cccc(Br)c1. The molecule has 0 unspecified atom stereocenters. The predicted octanol–water partition coefficient (Wildman–Crippen LogP) is 4.18. The normalized spacial score (nSPS) is 10.7. The standard InChI is InChI=1S/C12H15BrO/c1-2-3-4-5-9-14-12-8-6-7-11(13)10-12/h3-4,6-8,10H,2,5,9H2,1H3/b4-3-. The van der Waals surface area contributed by atoms with Crippen LogP contribution in [0, 0.1) is 0 Å². The summed E-state index contributed by atoms with van der Waals surface area (Å²) in [7, 11) is 0. The molecule has 2 heteroatoms. The third kappa shape index (κ3) is 4.47. The minimum atomic E-state index is 0.743. The van der Waals surface area contributed by atoms with Crippen LogP contribution in [0.25, 0.3) is 0 Å². The highest BCUT2D eigenvalue weighted by Gasteiger charge is 1.92. The van der Waals surface area contributed by atoms with E-state index < -0.39 is 0 Å². The molecule has 0 saturated carbocycles. The molecule has 1 aromatic carbocycles. The van der Waals surface area contributed by atoms with Crippen LogP contribution in [0.3, 0.4) is 0 Å². The second kappa shape index (κ2) is 6.66. The van der Waals surface area contributed by atoms with Gasteiger partial charge in [-0.3, -0.25) is 0 Å². The molecule has 0 heterocycles. The monoisotopic (exact) mass is 254 g/mol. The summed E-state index contributed by atoms with van der Waals surface area (Å²) in [5.74, 6) is 0.921. The smallest absolute Gasteiger partial charge is 0.120 e. The van der Waals surface area contributed by atoms with Gasteiger partial charge in [-0.25, -0.2) is 0 Å². The number of hydrogen-bond donors (Lipinski definition) is 0. The van der Waals surface area contributed by atoms with Gasteiger partial charge < -0.3 is 4.74 Å². The van der Waals surface area contributed by atoms with Crippen LogP contribution in [0.1, 0.15) is 19.8 Å². The van der Waals surface area contributed by atoms with E-state index in [-0.39, 0.29) is 0 Å². The molecule has 1 aromatic rings. The van der Waals surface area contributed by atoms with Crippen LogP contribution in [0.4, 0.5) is 0 Å². The Labute approximate surface area is 93.9 Å². The van der Waals surface area contributed by atoms with E-state index >= 15 is 0 Å². The van der Waals surface area contributed by atoms with E-state index in [0.29, 0.717) is 0 Å². The minimum absolute atomic E-state index is 0.743. The highest BCUT2D eigenvalue weighted by atomic mass is 79.9. The largest absolute Gasteiger partial charge is 0.493 e. The van der Waals surface area contributed by atoms with Gasteiger partial charge in [0, 0.05) is 4.47 Å². The van der Waals surface area contributed by atoms with Gasteiger partial charge in [-0.15, -0.1) is 0 Å². The summed E-state index contributed by atoms with van der Waals surface area (Å²) in [6.45, 7) is 2.87. The zero-order valence-corrected chi connectivity index (χ0v) is 9.96. The highest BCUT2D eigenvalue weighted by molar-refractivity contribution is 9.10. The van der Waals surface area contributed by atoms with Crippen LogP contribution in [-0.4, -0.2) is 6.61 Å². The van der Waals surface area contributed by atoms with Gasteiger partial charge in [-0.05, 0) is 31.0 Å². The second-order valence-electron chi connectivity index (χ2n) is 2.97. The third-order valence-electron chi connectivity index (χ3n) is 1.75. The molecule has 0 amide bonds. The van der Waals surface area contributed by atoms with Crippen molar-refractivity contribution in [3.8, 4) is 5.75 Å². The first-order valence-corrected chi connectivity index (χ1v) is 5.65. The van der Waals surface area contributed by atoms with E-state index in [9.17, 15) is 0 Å². The molecule has 0 radical (unpaired) electrons. The fraction of sp³-hybridized carbons (Fsp3) is 0.333. The van der Waals surface area contributed by atoms with E-state index in [0.717, 1.165) is 29.7 Å². The summed E-state index contributed by atoms with van der Waals surface area (Å²) in [6, 6.07) is 7.91. The molecule has 76 valence electrons. The highest BCUT2D eigenvalue weighted by Crippen LogP contribution is 2.17. The average molecular weight is 255 g/mol. The lowest BCUT2D eigenvalue weighted by molar-refractivity contribution is 0.324. The molecule has 0 aliphatic heterocycles. The molecule has 1 nitrogen and oxygen atoms in total. The van der Waals surface area contributed by atoms with Gasteiger partial charge in [0.25, 0.3) is 0 Å². The predicted molar refractivity (Wildman–Crippen MR) is 63.7 cm³/mol. The van der Waals surface area contributed by atoms with E-state index in [4.69, 9.17) is 4.74 Å². The molecule has 0 bridgehead atoms. The Bertz CT molecular complexity index is 294. The molecule has 0 atom stereocenters. The lowest BCUT2D eigenvalue weighted by Crippen LogP contribution is -1.95. The summed E-state index contributed by atoms with van der Waals surface area (Å²) in [5.41, 5.74) is 0. The summed E-state index contributed by atoms with van der Waals surface area (Å²) >= 11 is 3.40. The van der Waals surface area contributed by atoms with Crippen molar-refractivity contribution in [2.75, 3.05) is 6.61 Å². The van der Waals surface area contributed by atoms with Crippen molar-refractivity contribution in [1.82, 2.24) is 0 Å². The molecule has 0 fully saturated rings. The fourth-order valence-electron chi connectivity index (χ4n) is 1.09. The Balaban J connectivity index is 2.28. The molecule has 0 spiro atoms. The lowest BCUT2D eigenvalue weighted by atomic mass is 10.3. The Morgan fingerprint density at radius 2 is 2.21 bits per heavy atom. The number of allylic oxidation sites excluding steroid dienone is 1. The minimum Gasteiger partial charge on any atom is -0.493 e. The van der Waals surface area contributed by atoms with Gasteiger partial charge in [-0.2, -0.15) is 0 Å². The molecule has 0 N–H and O–H groups in total. The van der Waals surface area contributed by atoms with Crippen molar-refractivity contribution in [2.24, 2.45) is 0 Å². The van der Waals surface area contributed by atoms with E-state index in [1.54, 1.807) is 0 Å². The Morgan fingerprint density at radius 3 is 2.93 bits per heavy atom. The van der Waals surface area contributed by atoms with Crippen LogP contribution in [0.15, 0.2) is 40.9 Å². The zero-order valence-electron chi connectivity index (χ0n) is 8.37. The van der Waals surface area contributed by atoms with Crippen LogP contribution in [0.2, 0.25) is 0 Å². The zero-order chi connectivity index (χ0) is 10.2. The first kappa shape index (κ1) is 11.3. The topological polar surface area (TPSA) is 9.23 Å². The fourth-order valence-corrected chi connectivity index (χ4v) is 1.46. The van der Waals surface area contributed by atoms with Crippen molar-refractivity contribution in [1.29, 1.82) is 0 Å².